The van der Waals surface area contributed by atoms with Crippen molar-refractivity contribution in [3.63, 3.8) is 0 Å². The van der Waals surface area contributed by atoms with E-state index < -0.39 is 9.84 Å². The molecule has 0 saturated carbocycles. The second-order valence-electron chi connectivity index (χ2n) is 8.86. The third kappa shape index (κ3) is 5.42. The molecule has 3 heterocycles. The molecule has 0 fully saturated rings. The predicted molar refractivity (Wildman–Crippen MR) is 141 cm³/mol. The van der Waals surface area contributed by atoms with E-state index in [1.165, 1.54) is 18.0 Å². The molecule has 0 amide bonds. The molecule has 1 aromatic carbocycles. The fourth-order valence-corrected chi connectivity index (χ4v) is 4.95. The first kappa shape index (κ1) is 24.2. The van der Waals surface area contributed by atoms with Crippen molar-refractivity contribution >= 4 is 37.9 Å². The molecule has 0 atom stereocenters. The first-order chi connectivity index (χ1) is 16.7. The standard InChI is InChI=1S/C27H27N5O2S/c1-18(2)22-9-10-25(32-12-6-5-7-21(19(32)3)17-35(4,33)34)24-16-30-27(13-23(22)24)31-26-11-8-20(14-28)15-29-26/h5-13,15-16,18H,17H2,1-4H3,(H,29,30,31). The zero-order valence-corrected chi connectivity index (χ0v) is 21.0. The Morgan fingerprint density at radius 2 is 1.83 bits per heavy atom. The van der Waals surface area contributed by atoms with Crippen molar-refractivity contribution in [3.8, 4) is 6.07 Å². The topological polar surface area (TPSA) is 99.0 Å². The van der Waals surface area contributed by atoms with Gasteiger partial charge in [-0.05, 0) is 59.7 Å². The summed E-state index contributed by atoms with van der Waals surface area (Å²) >= 11 is 0. The lowest BCUT2D eigenvalue weighted by atomic mass is 9.95. The van der Waals surface area contributed by atoms with Crippen molar-refractivity contribution in [1.82, 2.24) is 9.97 Å². The number of pyridine rings is 2. The molecule has 0 bridgehead atoms. The SMILES string of the molecule is CC1=C(CS(C)(=O)=O)C=CC=CN1c1ccc(C(C)C)c2cc(Nc3ccc(C#N)cn3)ncc12. The minimum atomic E-state index is -3.19. The zero-order chi connectivity index (χ0) is 25.2. The lowest BCUT2D eigenvalue weighted by molar-refractivity contribution is 0.604. The summed E-state index contributed by atoms with van der Waals surface area (Å²) in [4.78, 5) is 10.9. The van der Waals surface area contributed by atoms with E-state index in [4.69, 9.17) is 5.26 Å². The second-order valence-corrected chi connectivity index (χ2v) is 11.0. The third-order valence-corrected chi connectivity index (χ3v) is 6.66. The molecule has 0 aliphatic carbocycles. The maximum absolute atomic E-state index is 12.0. The van der Waals surface area contributed by atoms with Gasteiger partial charge in [0.1, 0.15) is 17.7 Å². The van der Waals surface area contributed by atoms with E-state index in [-0.39, 0.29) is 11.7 Å². The van der Waals surface area contributed by atoms with Crippen molar-refractivity contribution in [2.24, 2.45) is 0 Å². The maximum Gasteiger partial charge on any atom is 0.151 e. The molecule has 0 spiro atoms. The third-order valence-electron chi connectivity index (χ3n) is 5.83. The average Bonchev–Trinajstić information content (AvgIpc) is 2.99. The van der Waals surface area contributed by atoms with E-state index in [0.717, 1.165) is 27.7 Å². The van der Waals surface area contributed by atoms with Gasteiger partial charge in [-0.25, -0.2) is 18.4 Å². The number of benzene rings is 1. The second kappa shape index (κ2) is 9.72. The largest absolute Gasteiger partial charge is 0.325 e. The van der Waals surface area contributed by atoms with Gasteiger partial charge in [0.25, 0.3) is 0 Å². The predicted octanol–water partition coefficient (Wildman–Crippen LogP) is 5.58. The fourth-order valence-electron chi connectivity index (χ4n) is 4.08. The van der Waals surface area contributed by atoms with Crippen LogP contribution >= 0.6 is 0 Å². The Morgan fingerprint density at radius 3 is 2.49 bits per heavy atom. The van der Waals surface area contributed by atoms with Crippen molar-refractivity contribution in [1.29, 1.82) is 5.26 Å². The fraction of sp³-hybridized carbons (Fsp3) is 0.222. The highest BCUT2D eigenvalue weighted by molar-refractivity contribution is 7.90. The zero-order valence-electron chi connectivity index (χ0n) is 20.1. The highest BCUT2D eigenvalue weighted by Gasteiger charge is 2.19. The summed E-state index contributed by atoms with van der Waals surface area (Å²) in [5.74, 6) is 1.50. The van der Waals surface area contributed by atoms with E-state index in [1.807, 2.05) is 48.5 Å². The van der Waals surface area contributed by atoms with E-state index >= 15 is 0 Å². The van der Waals surface area contributed by atoms with Crippen LogP contribution in [0, 0.1) is 11.3 Å². The minimum absolute atomic E-state index is 0.0283. The Bertz CT molecular complexity index is 1510. The van der Waals surface area contributed by atoms with Gasteiger partial charge in [-0.2, -0.15) is 5.26 Å². The van der Waals surface area contributed by atoms with Crippen molar-refractivity contribution in [2.45, 2.75) is 26.7 Å². The highest BCUT2D eigenvalue weighted by Crippen LogP contribution is 2.36. The Balaban J connectivity index is 1.81. The summed E-state index contributed by atoms with van der Waals surface area (Å²) < 4.78 is 24.0. The number of sulfone groups is 1. The quantitative estimate of drug-likeness (QED) is 0.487. The minimum Gasteiger partial charge on any atom is -0.325 e. The molecule has 0 radical (unpaired) electrons. The molecule has 4 rings (SSSR count). The Kier molecular flexibility index (Phi) is 6.72. The molecule has 8 heteroatoms. The molecular weight excluding hydrogens is 458 g/mol. The van der Waals surface area contributed by atoms with Gasteiger partial charge in [-0.15, -0.1) is 0 Å². The average molecular weight is 486 g/mol. The van der Waals surface area contributed by atoms with Crippen molar-refractivity contribution < 1.29 is 8.42 Å². The molecule has 1 N–H and O–H groups in total. The number of anilines is 3. The maximum atomic E-state index is 12.0. The van der Waals surface area contributed by atoms with Gasteiger partial charge in [-0.1, -0.05) is 32.1 Å². The van der Waals surface area contributed by atoms with Gasteiger partial charge < -0.3 is 10.2 Å². The van der Waals surface area contributed by atoms with Crippen LogP contribution in [0.4, 0.5) is 17.3 Å². The van der Waals surface area contributed by atoms with Gasteiger partial charge in [0.15, 0.2) is 9.84 Å². The Labute approximate surface area is 206 Å². The number of hydrogen-bond acceptors (Lipinski definition) is 7. The summed E-state index contributed by atoms with van der Waals surface area (Å²) in [5.41, 5.74) is 4.19. The number of hydrogen-bond donors (Lipinski definition) is 1. The molecule has 178 valence electrons. The lowest BCUT2D eigenvalue weighted by Crippen LogP contribution is -2.18. The van der Waals surface area contributed by atoms with Gasteiger partial charge >= 0.3 is 0 Å². The van der Waals surface area contributed by atoms with E-state index in [9.17, 15) is 8.42 Å². The monoisotopic (exact) mass is 485 g/mol. The van der Waals surface area contributed by atoms with E-state index in [2.05, 4.69) is 47.3 Å². The normalized spacial score (nSPS) is 13.9. The van der Waals surface area contributed by atoms with Crippen LogP contribution in [0.25, 0.3) is 10.8 Å². The van der Waals surface area contributed by atoms with Crippen LogP contribution in [0.15, 0.2) is 78.4 Å². The molecule has 1 aliphatic heterocycles. The lowest BCUT2D eigenvalue weighted by Gasteiger charge is -2.25. The molecule has 35 heavy (non-hydrogen) atoms. The summed E-state index contributed by atoms with van der Waals surface area (Å²) in [6.07, 6.45) is 12.2. The molecule has 7 nitrogen and oxygen atoms in total. The Hall–Kier alpha value is -3.96. The van der Waals surface area contributed by atoms with E-state index in [1.54, 1.807) is 12.1 Å². The summed E-state index contributed by atoms with van der Waals surface area (Å²) in [6.45, 7) is 6.23. The van der Waals surface area contributed by atoms with Gasteiger partial charge in [-0.3, -0.25) is 0 Å². The molecule has 2 aromatic heterocycles. The number of allylic oxidation sites excluding steroid dienone is 4. The van der Waals surface area contributed by atoms with Gasteiger partial charge in [0.05, 0.1) is 17.0 Å². The van der Waals surface area contributed by atoms with Crippen molar-refractivity contribution in [3.05, 3.63) is 89.6 Å². The van der Waals surface area contributed by atoms with Crippen LogP contribution in [-0.2, 0) is 9.84 Å². The number of aromatic nitrogens is 2. The Morgan fingerprint density at radius 1 is 1.06 bits per heavy atom. The molecule has 1 aliphatic rings. The smallest absolute Gasteiger partial charge is 0.151 e. The van der Waals surface area contributed by atoms with Crippen LogP contribution in [0.2, 0.25) is 0 Å². The van der Waals surface area contributed by atoms with Gasteiger partial charge in [0.2, 0.25) is 0 Å². The van der Waals surface area contributed by atoms with Crippen LogP contribution < -0.4 is 10.2 Å². The van der Waals surface area contributed by atoms with Crippen LogP contribution in [0.1, 0.15) is 37.8 Å². The molecular formula is C27H27N5O2S. The van der Waals surface area contributed by atoms with Crippen LogP contribution in [-0.4, -0.2) is 30.4 Å². The number of rotatable bonds is 6. The van der Waals surface area contributed by atoms with Gasteiger partial charge in [0, 0.05) is 35.9 Å². The summed E-state index contributed by atoms with van der Waals surface area (Å²) in [7, 11) is -3.19. The number of nitrogens with one attached hydrogen (secondary N) is 1. The number of nitriles is 1. The first-order valence-electron chi connectivity index (χ1n) is 11.2. The number of nitrogens with zero attached hydrogens (tertiary/aromatic N) is 4. The van der Waals surface area contributed by atoms with Crippen molar-refractivity contribution in [2.75, 3.05) is 22.2 Å². The highest BCUT2D eigenvalue weighted by atomic mass is 32.2. The number of fused-ring (bicyclic) bond motifs is 1. The molecule has 0 unspecified atom stereocenters. The van der Waals surface area contributed by atoms with E-state index in [0.29, 0.717) is 17.2 Å². The summed E-state index contributed by atoms with van der Waals surface area (Å²) in [5, 5.41) is 14.2. The summed E-state index contributed by atoms with van der Waals surface area (Å²) in [6, 6.07) is 11.7. The molecule has 0 saturated heterocycles. The van der Waals surface area contributed by atoms with Crippen LogP contribution in [0.3, 0.4) is 0 Å². The van der Waals surface area contributed by atoms with Crippen LogP contribution in [0.5, 0.6) is 0 Å². The molecule has 3 aromatic rings. The first-order valence-corrected chi connectivity index (χ1v) is 13.3.